The summed E-state index contributed by atoms with van der Waals surface area (Å²) in [7, 11) is -2.78. The van der Waals surface area contributed by atoms with Gasteiger partial charge in [0.1, 0.15) is 5.75 Å². The van der Waals surface area contributed by atoms with E-state index in [-0.39, 0.29) is 11.4 Å². The first-order valence-electron chi connectivity index (χ1n) is 4.71. The number of aryl methyl sites for hydroxylation is 1. The third-order valence-corrected chi connectivity index (χ3v) is 3.17. The highest BCUT2D eigenvalue weighted by Crippen LogP contribution is 2.27. The Morgan fingerprint density at radius 3 is 2.65 bits per heavy atom. The maximum atomic E-state index is 11.6. The molecule has 6 nitrogen and oxygen atoms in total. The van der Waals surface area contributed by atoms with Gasteiger partial charge in [0.05, 0.1) is 12.8 Å². The van der Waals surface area contributed by atoms with E-state index in [4.69, 9.17) is 0 Å². The van der Waals surface area contributed by atoms with Crippen molar-refractivity contribution in [2.24, 2.45) is 0 Å². The van der Waals surface area contributed by atoms with Gasteiger partial charge in [0.2, 0.25) is 10.0 Å². The topological polar surface area (TPSA) is 92.7 Å². The molecule has 0 atom stereocenters. The summed E-state index contributed by atoms with van der Waals surface area (Å²) in [4.78, 5) is 10.9. The number of carbonyl (C=O) groups is 1. The molecule has 0 aliphatic carbocycles. The van der Waals surface area contributed by atoms with Crippen LogP contribution < -0.4 is 4.72 Å². The molecule has 0 aliphatic heterocycles. The minimum atomic E-state index is -3.88. The van der Waals surface area contributed by atoms with E-state index in [2.05, 4.69) is 9.46 Å². The number of methoxy groups -OCH3 is 1. The number of rotatable bonds is 4. The Hall–Kier alpha value is -1.76. The van der Waals surface area contributed by atoms with Crippen LogP contribution in [0.4, 0.5) is 5.69 Å². The average molecular weight is 259 g/mol. The van der Waals surface area contributed by atoms with Crippen molar-refractivity contribution in [1.29, 1.82) is 0 Å². The van der Waals surface area contributed by atoms with Crippen LogP contribution in [0, 0.1) is 6.92 Å². The highest BCUT2D eigenvalue weighted by atomic mass is 32.2. The van der Waals surface area contributed by atoms with E-state index in [1.165, 1.54) is 6.07 Å². The van der Waals surface area contributed by atoms with Gasteiger partial charge in [-0.25, -0.2) is 8.42 Å². The predicted octanol–water partition coefficient (Wildman–Crippen LogP) is 0.615. The molecule has 7 heteroatoms. The molecule has 0 unspecified atom stereocenters. The van der Waals surface area contributed by atoms with Gasteiger partial charge in [0.15, 0.2) is 5.75 Å². The van der Waals surface area contributed by atoms with Gasteiger partial charge in [-0.1, -0.05) is 12.1 Å². The molecule has 94 valence electrons. The average Bonchev–Trinajstić information content (AvgIpc) is 2.23. The van der Waals surface area contributed by atoms with Crippen LogP contribution in [0.25, 0.3) is 0 Å². The zero-order valence-corrected chi connectivity index (χ0v) is 10.2. The summed E-state index contributed by atoms with van der Waals surface area (Å²) in [6.45, 7) is 1.63. The van der Waals surface area contributed by atoms with Crippen molar-refractivity contribution in [3.8, 4) is 5.75 Å². The summed E-state index contributed by atoms with van der Waals surface area (Å²) in [5.41, 5.74) is 0.620. The van der Waals surface area contributed by atoms with Crippen molar-refractivity contribution >= 4 is 21.7 Å². The number of phenols is 1. The molecule has 0 heterocycles. The number of para-hydroxylation sites is 1. The quantitative estimate of drug-likeness (QED) is 0.610. The monoisotopic (exact) mass is 259 g/mol. The van der Waals surface area contributed by atoms with E-state index in [1.807, 2.05) is 0 Å². The van der Waals surface area contributed by atoms with E-state index in [0.717, 1.165) is 7.11 Å². The Morgan fingerprint density at radius 2 is 2.12 bits per heavy atom. The predicted molar refractivity (Wildman–Crippen MR) is 62.3 cm³/mol. The summed E-state index contributed by atoms with van der Waals surface area (Å²) in [6, 6.07) is 4.57. The van der Waals surface area contributed by atoms with Gasteiger partial charge in [-0.15, -0.1) is 0 Å². The van der Waals surface area contributed by atoms with E-state index in [1.54, 1.807) is 19.1 Å². The Labute approximate surface area is 99.3 Å². The summed E-state index contributed by atoms with van der Waals surface area (Å²) in [5, 5.41) is 9.50. The SMILES string of the molecule is COC(=O)CS(=O)(=O)Nc1c(C)cccc1O. The van der Waals surface area contributed by atoms with Gasteiger partial charge in [0, 0.05) is 0 Å². The van der Waals surface area contributed by atoms with Crippen molar-refractivity contribution in [3.05, 3.63) is 23.8 Å². The number of hydrogen-bond donors (Lipinski definition) is 2. The summed E-state index contributed by atoms with van der Waals surface area (Å²) < 4.78 is 29.5. The van der Waals surface area contributed by atoms with Crippen LogP contribution in [0.1, 0.15) is 5.56 Å². The van der Waals surface area contributed by atoms with Gasteiger partial charge in [-0.3, -0.25) is 9.52 Å². The van der Waals surface area contributed by atoms with Crippen molar-refractivity contribution < 1.29 is 23.1 Å². The Morgan fingerprint density at radius 1 is 1.47 bits per heavy atom. The van der Waals surface area contributed by atoms with Crippen molar-refractivity contribution in [2.45, 2.75) is 6.92 Å². The van der Waals surface area contributed by atoms with Crippen LogP contribution >= 0.6 is 0 Å². The lowest BCUT2D eigenvalue weighted by molar-refractivity contribution is -0.137. The second kappa shape index (κ2) is 5.05. The van der Waals surface area contributed by atoms with Crippen LogP contribution in [-0.4, -0.2) is 32.4 Å². The van der Waals surface area contributed by atoms with Gasteiger partial charge in [0.25, 0.3) is 0 Å². The zero-order chi connectivity index (χ0) is 13.1. The number of benzene rings is 1. The summed E-state index contributed by atoms with van der Waals surface area (Å²) in [5.74, 6) is -1.86. The van der Waals surface area contributed by atoms with Crippen LogP contribution in [-0.2, 0) is 19.6 Å². The molecule has 0 aliphatic rings. The number of hydrogen-bond acceptors (Lipinski definition) is 5. The highest BCUT2D eigenvalue weighted by molar-refractivity contribution is 7.93. The smallest absolute Gasteiger partial charge is 0.322 e. The summed E-state index contributed by atoms with van der Waals surface area (Å²) in [6.07, 6.45) is 0. The van der Waals surface area contributed by atoms with E-state index < -0.39 is 21.7 Å². The molecule has 0 amide bonds. The van der Waals surface area contributed by atoms with Crippen LogP contribution in [0.15, 0.2) is 18.2 Å². The first-order chi connectivity index (χ1) is 7.85. The molecule has 0 radical (unpaired) electrons. The van der Waals surface area contributed by atoms with Gasteiger partial charge in [-0.2, -0.15) is 0 Å². The Kier molecular flexibility index (Phi) is 3.95. The Balaban J connectivity index is 2.95. The molecule has 2 N–H and O–H groups in total. The molecular weight excluding hydrogens is 246 g/mol. The van der Waals surface area contributed by atoms with Crippen molar-refractivity contribution in [3.63, 3.8) is 0 Å². The lowest BCUT2D eigenvalue weighted by Crippen LogP contribution is -2.24. The molecular formula is C10H13NO5S. The number of carbonyl (C=O) groups excluding carboxylic acids is 1. The van der Waals surface area contributed by atoms with E-state index >= 15 is 0 Å². The third-order valence-electron chi connectivity index (χ3n) is 2.04. The minimum Gasteiger partial charge on any atom is -0.506 e. The van der Waals surface area contributed by atoms with Crippen molar-refractivity contribution in [1.82, 2.24) is 0 Å². The highest BCUT2D eigenvalue weighted by Gasteiger charge is 2.19. The molecule has 0 spiro atoms. The van der Waals surface area contributed by atoms with Gasteiger partial charge < -0.3 is 9.84 Å². The van der Waals surface area contributed by atoms with Crippen LogP contribution in [0.3, 0.4) is 0 Å². The minimum absolute atomic E-state index is 0.0661. The second-order valence-electron chi connectivity index (χ2n) is 3.41. The van der Waals surface area contributed by atoms with Gasteiger partial charge in [-0.05, 0) is 18.6 Å². The van der Waals surface area contributed by atoms with Crippen LogP contribution in [0.2, 0.25) is 0 Å². The molecule has 0 aromatic heterocycles. The molecule has 0 fully saturated rings. The van der Waals surface area contributed by atoms with Crippen LogP contribution in [0.5, 0.6) is 5.75 Å². The lowest BCUT2D eigenvalue weighted by atomic mass is 10.2. The number of aromatic hydroxyl groups is 1. The molecule has 1 aromatic carbocycles. The third kappa shape index (κ3) is 3.63. The number of sulfonamides is 1. The largest absolute Gasteiger partial charge is 0.506 e. The fourth-order valence-corrected chi connectivity index (χ4v) is 2.27. The molecule has 0 saturated carbocycles. The second-order valence-corrected chi connectivity index (χ2v) is 5.13. The van der Waals surface area contributed by atoms with Gasteiger partial charge >= 0.3 is 5.97 Å². The molecule has 0 bridgehead atoms. The molecule has 17 heavy (non-hydrogen) atoms. The molecule has 0 saturated heterocycles. The number of phenolic OH excluding ortho intramolecular Hbond substituents is 1. The number of esters is 1. The fourth-order valence-electron chi connectivity index (χ4n) is 1.19. The number of anilines is 1. The maximum Gasteiger partial charge on any atom is 0.322 e. The first-order valence-corrected chi connectivity index (χ1v) is 6.37. The first kappa shape index (κ1) is 13.3. The summed E-state index contributed by atoms with van der Waals surface area (Å²) >= 11 is 0. The number of ether oxygens (including phenoxy) is 1. The van der Waals surface area contributed by atoms with E-state index in [0.29, 0.717) is 5.56 Å². The normalized spacial score (nSPS) is 10.9. The molecule has 1 aromatic rings. The maximum absolute atomic E-state index is 11.6. The standard InChI is InChI=1S/C10H13NO5S/c1-7-4-3-5-8(12)10(7)11-17(14,15)6-9(13)16-2/h3-5,11-12H,6H2,1-2H3. The Bertz CT molecular complexity index is 503. The van der Waals surface area contributed by atoms with E-state index in [9.17, 15) is 18.3 Å². The lowest BCUT2D eigenvalue weighted by Gasteiger charge is -2.11. The molecule has 1 rings (SSSR count). The zero-order valence-electron chi connectivity index (χ0n) is 9.43. The number of nitrogens with one attached hydrogen (secondary N) is 1. The fraction of sp³-hybridized carbons (Fsp3) is 0.300. The van der Waals surface area contributed by atoms with Crippen molar-refractivity contribution in [2.75, 3.05) is 17.6 Å².